The van der Waals surface area contributed by atoms with Gasteiger partial charge in [-0.1, -0.05) is 42.5 Å². The van der Waals surface area contributed by atoms with Crippen LogP contribution < -0.4 is 5.32 Å². The Morgan fingerprint density at radius 2 is 1.69 bits per heavy atom. The predicted molar refractivity (Wildman–Crippen MR) is 118 cm³/mol. The van der Waals surface area contributed by atoms with Crippen molar-refractivity contribution in [1.29, 1.82) is 0 Å². The number of para-hydroxylation sites is 1. The van der Waals surface area contributed by atoms with Crippen LogP contribution >= 0.6 is 0 Å². The van der Waals surface area contributed by atoms with Crippen molar-refractivity contribution < 1.29 is 4.79 Å². The molecule has 0 spiro atoms. The molecule has 0 saturated carbocycles. The fourth-order valence-corrected chi connectivity index (χ4v) is 4.06. The number of guanidine groups is 1. The number of nitrogens with zero attached hydrogens (tertiary/aromatic N) is 3. The molecule has 5 heteroatoms. The van der Waals surface area contributed by atoms with Gasteiger partial charge in [-0.15, -0.1) is 0 Å². The van der Waals surface area contributed by atoms with Crippen LogP contribution in [0.5, 0.6) is 0 Å². The second-order valence-corrected chi connectivity index (χ2v) is 7.92. The van der Waals surface area contributed by atoms with Crippen LogP contribution in [0.2, 0.25) is 0 Å². The minimum Gasteiger partial charge on any atom is -0.343 e. The number of piperidine rings is 1. The number of likely N-dealkylation sites (tertiary alicyclic amines) is 2. The van der Waals surface area contributed by atoms with Crippen molar-refractivity contribution >= 4 is 17.6 Å². The lowest BCUT2D eigenvalue weighted by Crippen LogP contribution is -2.40. The van der Waals surface area contributed by atoms with E-state index in [0.29, 0.717) is 19.5 Å². The van der Waals surface area contributed by atoms with Crippen LogP contribution in [0.3, 0.4) is 0 Å². The van der Waals surface area contributed by atoms with Gasteiger partial charge in [0.1, 0.15) is 0 Å². The second kappa shape index (κ2) is 9.59. The molecule has 0 atom stereocenters. The molecule has 0 radical (unpaired) electrons. The fourth-order valence-electron chi connectivity index (χ4n) is 4.06. The third-order valence-corrected chi connectivity index (χ3v) is 5.63. The molecule has 1 amide bonds. The Bertz CT molecular complexity index is 843. The van der Waals surface area contributed by atoms with E-state index in [0.717, 1.165) is 37.7 Å². The average molecular weight is 391 g/mol. The van der Waals surface area contributed by atoms with Crippen molar-refractivity contribution in [1.82, 2.24) is 9.80 Å². The smallest absolute Gasteiger partial charge is 0.222 e. The maximum absolute atomic E-state index is 11.9. The molecule has 5 nitrogen and oxygen atoms in total. The van der Waals surface area contributed by atoms with Gasteiger partial charge in [-0.3, -0.25) is 4.79 Å². The summed E-state index contributed by atoms with van der Waals surface area (Å²) in [5.74, 6) is 1.23. The third-order valence-electron chi connectivity index (χ3n) is 5.63. The lowest BCUT2D eigenvalue weighted by atomic mass is 10.1. The van der Waals surface area contributed by atoms with Gasteiger partial charge in [0.05, 0.1) is 6.54 Å². The van der Waals surface area contributed by atoms with Crippen LogP contribution in [0, 0.1) is 0 Å². The highest BCUT2D eigenvalue weighted by Crippen LogP contribution is 2.17. The molecule has 2 saturated heterocycles. The van der Waals surface area contributed by atoms with Gasteiger partial charge in [0.15, 0.2) is 5.96 Å². The van der Waals surface area contributed by atoms with Crippen LogP contribution in [0.1, 0.15) is 43.2 Å². The Labute approximate surface area is 173 Å². The molecular weight excluding hydrogens is 360 g/mol. The van der Waals surface area contributed by atoms with E-state index >= 15 is 0 Å². The maximum Gasteiger partial charge on any atom is 0.222 e. The van der Waals surface area contributed by atoms with Crippen molar-refractivity contribution in [3.05, 3.63) is 65.7 Å². The van der Waals surface area contributed by atoms with Crippen molar-refractivity contribution in [2.75, 3.05) is 25.0 Å². The zero-order valence-corrected chi connectivity index (χ0v) is 17.0. The standard InChI is InChI=1S/C24H30N4O/c29-23-13-8-16-28(23)19-21-10-7-9-20(17-21)18-25-24(27-14-5-2-6-15-27)26-22-11-3-1-4-12-22/h1,3-4,7,9-12,17H,2,5-6,8,13-16,18-19H2,(H,25,26). The number of rotatable bonds is 5. The van der Waals surface area contributed by atoms with E-state index in [4.69, 9.17) is 4.99 Å². The summed E-state index contributed by atoms with van der Waals surface area (Å²) in [6.45, 7) is 4.32. The molecule has 2 aromatic carbocycles. The van der Waals surface area contributed by atoms with E-state index < -0.39 is 0 Å². The minimum absolute atomic E-state index is 0.271. The predicted octanol–water partition coefficient (Wildman–Crippen LogP) is 4.26. The molecule has 2 fully saturated rings. The number of anilines is 1. The number of benzene rings is 2. The normalized spacial score (nSPS) is 17.7. The molecule has 2 aromatic rings. The lowest BCUT2D eigenvalue weighted by molar-refractivity contribution is -0.128. The highest BCUT2D eigenvalue weighted by Gasteiger charge is 2.20. The molecule has 2 aliphatic heterocycles. The molecule has 152 valence electrons. The highest BCUT2D eigenvalue weighted by atomic mass is 16.2. The number of hydrogen-bond acceptors (Lipinski definition) is 2. The number of nitrogens with one attached hydrogen (secondary N) is 1. The Morgan fingerprint density at radius 1 is 0.897 bits per heavy atom. The molecule has 0 aromatic heterocycles. The van der Waals surface area contributed by atoms with Crippen LogP contribution in [0.15, 0.2) is 59.6 Å². The summed E-state index contributed by atoms with van der Waals surface area (Å²) < 4.78 is 0. The number of hydrogen-bond donors (Lipinski definition) is 1. The third kappa shape index (κ3) is 5.37. The summed E-state index contributed by atoms with van der Waals surface area (Å²) in [6.07, 6.45) is 5.40. The fraction of sp³-hybridized carbons (Fsp3) is 0.417. The van der Waals surface area contributed by atoms with E-state index in [1.165, 1.54) is 30.4 Å². The summed E-state index contributed by atoms with van der Waals surface area (Å²) in [6, 6.07) is 18.7. The van der Waals surface area contributed by atoms with Crippen molar-refractivity contribution in [3.63, 3.8) is 0 Å². The summed E-state index contributed by atoms with van der Waals surface area (Å²) in [5, 5.41) is 3.52. The molecule has 0 bridgehead atoms. The average Bonchev–Trinajstić information content (AvgIpc) is 3.17. The van der Waals surface area contributed by atoms with Crippen molar-refractivity contribution in [2.24, 2.45) is 4.99 Å². The first-order chi connectivity index (χ1) is 14.3. The molecule has 0 unspecified atom stereocenters. The van der Waals surface area contributed by atoms with Gasteiger partial charge in [-0.25, -0.2) is 4.99 Å². The Hall–Kier alpha value is -2.82. The van der Waals surface area contributed by atoms with Gasteiger partial charge in [-0.2, -0.15) is 0 Å². The summed E-state index contributed by atoms with van der Waals surface area (Å²) in [4.78, 5) is 21.2. The quantitative estimate of drug-likeness (QED) is 0.613. The highest BCUT2D eigenvalue weighted by molar-refractivity contribution is 5.93. The number of aliphatic imine (C=N–C) groups is 1. The summed E-state index contributed by atoms with van der Waals surface area (Å²) in [7, 11) is 0. The Balaban J connectivity index is 1.47. The molecule has 4 rings (SSSR count). The van der Waals surface area contributed by atoms with Crippen molar-refractivity contribution in [2.45, 2.75) is 45.2 Å². The van der Waals surface area contributed by atoms with E-state index in [1.54, 1.807) is 0 Å². The van der Waals surface area contributed by atoms with Gasteiger partial charge < -0.3 is 15.1 Å². The van der Waals surface area contributed by atoms with Gasteiger partial charge in [0.25, 0.3) is 0 Å². The molecule has 2 heterocycles. The number of carbonyl (C=O) groups excluding carboxylic acids is 1. The van der Waals surface area contributed by atoms with Crippen LogP contribution in [0.25, 0.3) is 0 Å². The van der Waals surface area contributed by atoms with Gasteiger partial charge in [0.2, 0.25) is 5.91 Å². The Morgan fingerprint density at radius 3 is 2.45 bits per heavy atom. The summed E-state index contributed by atoms with van der Waals surface area (Å²) >= 11 is 0. The first-order valence-corrected chi connectivity index (χ1v) is 10.7. The van der Waals surface area contributed by atoms with Gasteiger partial charge in [0, 0.05) is 38.3 Å². The first kappa shape index (κ1) is 19.5. The van der Waals surface area contributed by atoms with E-state index in [2.05, 4.69) is 46.6 Å². The largest absolute Gasteiger partial charge is 0.343 e. The zero-order chi connectivity index (χ0) is 19.9. The minimum atomic E-state index is 0.271. The van der Waals surface area contributed by atoms with E-state index in [9.17, 15) is 4.79 Å². The van der Waals surface area contributed by atoms with E-state index in [-0.39, 0.29) is 5.91 Å². The zero-order valence-electron chi connectivity index (χ0n) is 17.0. The summed E-state index contributed by atoms with van der Waals surface area (Å²) in [5.41, 5.74) is 3.43. The van der Waals surface area contributed by atoms with Gasteiger partial charge in [-0.05, 0) is 48.9 Å². The molecule has 2 aliphatic rings. The number of amides is 1. The lowest BCUT2D eigenvalue weighted by Gasteiger charge is -2.30. The first-order valence-electron chi connectivity index (χ1n) is 10.7. The maximum atomic E-state index is 11.9. The topological polar surface area (TPSA) is 47.9 Å². The molecular formula is C24H30N4O. The SMILES string of the molecule is O=C1CCCN1Cc1cccc(CN=C(Nc2ccccc2)N2CCCCC2)c1. The van der Waals surface area contributed by atoms with Gasteiger partial charge >= 0.3 is 0 Å². The van der Waals surface area contributed by atoms with E-state index in [1.807, 2.05) is 23.1 Å². The molecule has 29 heavy (non-hydrogen) atoms. The van der Waals surface area contributed by atoms with Crippen LogP contribution in [-0.2, 0) is 17.9 Å². The van der Waals surface area contributed by atoms with Crippen LogP contribution in [0.4, 0.5) is 5.69 Å². The molecule has 0 aliphatic carbocycles. The molecule has 1 N–H and O–H groups in total. The second-order valence-electron chi connectivity index (χ2n) is 7.92. The number of carbonyl (C=O) groups is 1. The Kier molecular flexibility index (Phi) is 6.45. The van der Waals surface area contributed by atoms with Crippen LogP contribution in [-0.4, -0.2) is 41.3 Å². The van der Waals surface area contributed by atoms with Crippen molar-refractivity contribution in [3.8, 4) is 0 Å². The monoisotopic (exact) mass is 390 g/mol.